The van der Waals surface area contributed by atoms with Crippen molar-refractivity contribution >= 4 is 41.6 Å². The smallest absolute Gasteiger partial charge is 0.469 e. The molecule has 0 saturated carbocycles. The molecule has 0 aliphatic rings. The molecule has 22 heavy (non-hydrogen) atoms. The maximum absolute atomic E-state index is 12.0. The number of anilines is 1. The molecule has 0 saturated heterocycles. The van der Waals surface area contributed by atoms with Crippen LogP contribution in [0.4, 0.5) is 18.9 Å². The molecule has 0 spiro atoms. The monoisotopic (exact) mass is 433 g/mol. The molecule has 124 valence electrons. The van der Waals surface area contributed by atoms with Crippen LogP contribution in [0.1, 0.15) is 6.42 Å². The number of aliphatic imine (C=N–C) groups is 1. The molecular weight excluding hydrogens is 418 g/mol. The van der Waals surface area contributed by atoms with Gasteiger partial charge in [-0.25, -0.2) is 0 Å². The Morgan fingerprint density at radius 1 is 1.32 bits per heavy atom. The molecule has 1 rings (SSSR count). The molecular formula is C12H15F3IN3O3. The second kappa shape index (κ2) is 9.33. The lowest BCUT2D eigenvalue weighted by atomic mass is 10.3. The first-order valence-electron chi connectivity index (χ1n) is 5.80. The van der Waals surface area contributed by atoms with Crippen LogP contribution in [0, 0.1) is 0 Å². The van der Waals surface area contributed by atoms with Crippen LogP contribution in [0.2, 0.25) is 0 Å². The Kier molecular flexibility index (Phi) is 8.60. The third-order valence-electron chi connectivity index (χ3n) is 2.19. The van der Waals surface area contributed by atoms with Crippen LogP contribution in [0.3, 0.4) is 0 Å². The predicted octanol–water partition coefficient (Wildman–Crippen LogP) is 2.49. The molecule has 0 fully saturated rings. The van der Waals surface area contributed by atoms with Crippen molar-refractivity contribution in [2.75, 3.05) is 19.0 Å². The molecule has 0 bridgehead atoms. The van der Waals surface area contributed by atoms with Crippen molar-refractivity contribution in [2.45, 2.75) is 12.8 Å². The topological polar surface area (TPSA) is 85.9 Å². The summed E-state index contributed by atoms with van der Waals surface area (Å²) < 4.78 is 44.1. The number of benzene rings is 1. The minimum Gasteiger partial charge on any atom is -0.469 e. The summed E-state index contributed by atoms with van der Waals surface area (Å²) in [7, 11) is 1.26. The predicted molar refractivity (Wildman–Crippen MR) is 85.3 cm³/mol. The number of halogens is 4. The van der Waals surface area contributed by atoms with Crippen molar-refractivity contribution in [1.82, 2.24) is 0 Å². The Labute approximate surface area is 141 Å². The number of carbonyl (C=O) groups is 1. The van der Waals surface area contributed by atoms with Gasteiger partial charge in [-0.3, -0.25) is 9.79 Å². The first-order chi connectivity index (χ1) is 9.80. The van der Waals surface area contributed by atoms with Gasteiger partial charge in [-0.15, -0.1) is 37.1 Å². The van der Waals surface area contributed by atoms with E-state index in [2.05, 4.69) is 19.8 Å². The lowest BCUT2D eigenvalue weighted by Crippen LogP contribution is -2.23. The molecule has 0 aliphatic carbocycles. The molecule has 3 N–H and O–H groups in total. The van der Waals surface area contributed by atoms with E-state index in [0.29, 0.717) is 5.69 Å². The zero-order chi connectivity index (χ0) is 15.9. The van der Waals surface area contributed by atoms with Gasteiger partial charge in [0.25, 0.3) is 0 Å². The minimum atomic E-state index is -4.73. The van der Waals surface area contributed by atoms with E-state index in [1.165, 1.54) is 19.2 Å². The van der Waals surface area contributed by atoms with Gasteiger partial charge >= 0.3 is 12.3 Å². The molecule has 0 amide bonds. The van der Waals surface area contributed by atoms with E-state index in [1.807, 2.05) is 0 Å². The molecule has 0 unspecified atom stereocenters. The van der Waals surface area contributed by atoms with Crippen LogP contribution in [-0.4, -0.2) is 31.9 Å². The normalized spacial score (nSPS) is 11.4. The SMILES string of the molecule is COC(=O)CCN=C(N)Nc1ccc(OC(F)(F)F)cc1.I. The summed E-state index contributed by atoms with van der Waals surface area (Å²) in [6.07, 6.45) is -4.65. The van der Waals surface area contributed by atoms with Crippen molar-refractivity contribution in [3.8, 4) is 5.75 Å². The largest absolute Gasteiger partial charge is 0.573 e. The van der Waals surface area contributed by atoms with Crippen molar-refractivity contribution in [3.63, 3.8) is 0 Å². The summed E-state index contributed by atoms with van der Waals surface area (Å²) in [4.78, 5) is 14.7. The number of nitrogens with zero attached hydrogens (tertiary/aromatic N) is 1. The molecule has 6 nitrogen and oxygen atoms in total. The van der Waals surface area contributed by atoms with E-state index in [1.54, 1.807) is 0 Å². The number of ether oxygens (including phenoxy) is 2. The molecule has 0 atom stereocenters. The molecule has 0 heterocycles. The van der Waals surface area contributed by atoms with Crippen molar-refractivity contribution in [3.05, 3.63) is 24.3 Å². The highest BCUT2D eigenvalue weighted by atomic mass is 127. The summed E-state index contributed by atoms with van der Waals surface area (Å²) in [5.74, 6) is -0.724. The highest BCUT2D eigenvalue weighted by molar-refractivity contribution is 14.0. The third kappa shape index (κ3) is 8.54. The quantitative estimate of drug-likeness (QED) is 0.323. The summed E-state index contributed by atoms with van der Waals surface area (Å²) in [6, 6.07) is 4.97. The van der Waals surface area contributed by atoms with E-state index in [9.17, 15) is 18.0 Å². The number of hydrogen-bond donors (Lipinski definition) is 2. The number of carbonyl (C=O) groups excluding carboxylic acids is 1. The van der Waals surface area contributed by atoms with Gasteiger partial charge < -0.3 is 20.5 Å². The first-order valence-corrected chi connectivity index (χ1v) is 5.80. The Morgan fingerprint density at radius 2 is 1.91 bits per heavy atom. The lowest BCUT2D eigenvalue weighted by Gasteiger charge is -2.10. The first kappa shape index (κ1) is 20.3. The lowest BCUT2D eigenvalue weighted by molar-refractivity contribution is -0.274. The van der Waals surface area contributed by atoms with Crippen LogP contribution < -0.4 is 15.8 Å². The van der Waals surface area contributed by atoms with Gasteiger partial charge in [0.2, 0.25) is 0 Å². The highest BCUT2D eigenvalue weighted by Crippen LogP contribution is 2.23. The number of rotatable bonds is 5. The maximum Gasteiger partial charge on any atom is 0.573 e. The van der Waals surface area contributed by atoms with Crippen molar-refractivity contribution in [1.29, 1.82) is 0 Å². The van der Waals surface area contributed by atoms with Gasteiger partial charge in [-0.05, 0) is 24.3 Å². The molecule has 1 aromatic carbocycles. The summed E-state index contributed by atoms with van der Waals surface area (Å²) in [6.45, 7) is 0.140. The number of guanidine groups is 1. The maximum atomic E-state index is 12.0. The number of nitrogens with two attached hydrogens (primary N) is 1. The minimum absolute atomic E-state index is 0. The Hall–Kier alpha value is -1.72. The van der Waals surface area contributed by atoms with E-state index < -0.39 is 12.3 Å². The third-order valence-corrected chi connectivity index (χ3v) is 2.19. The Morgan fingerprint density at radius 3 is 2.41 bits per heavy atom. The summed E-state index contributed by atoms with van der Waals surface area (Å²) in [5.41, 5.74) is 5.98. The van der Waals surface area contributed by atoms with E-state index >= 15 is 0 Å². The van der Waals surface area contributed by atoms with Gasteiger partial charge in [0.1, 0.15) is 5.75 Å². The highest BCUT2D eigenvalue weighted by Gasteiger charge is 2.30. The van der Waals surface area contributed by atoms with Gasteiger partial charge in [0.15, 0.2) is 5.96 Å². The second-order valence-corrected chi connectivity index (χ2v) is 3.79. The van der Waals surface area contributed by atoms with Gasteiger partial charge in [0.05, 0.1) is 20.1 Å². The van der Waals surface area contributed by atoms with E-state index in [4.69, 9.17) is 5.73 Å². The summed E-state index contributed by atoms with van der Waals surface area (Å²) >= 11 is 0. The number of nitrogens with one attached hydrogen (secondary N) is 1. The molecule has 1 aromatic rings. The van der Waals surface area contributed by atoms with Crippen LogP contribution in [0.5, 0.6) is 5.75 Å². The fraction of sp³-hybridized carbons (Fsp3) is 0.333. The van der Waals surface area contributed by atoms with Gasteiger partial charge in [-0.2, -0.15) is 0 Å². The zero-order valence-electron chi connectivity index (χ0n) is 11.5. The number of alkyl halides is 3. The average molecular weight is 433 g/mol. The van der Waals surface area contributed by atoms with Crippen molar-refractivity contribution < 1.29 is 27.4 Å². The molecule has 10 heteroatoms. The van der Waals surface area contributed by atoms with E-state index in [-0.39, 0.29) is 48.7 Å². The van der Waals surface area contributed by atoms with Crippen LogP contribution in [-0.2, 0) is 9.53 Å². The number of methoxy groups -OCH3 is 1. The van der Waals surface area contributed by atoms with Crippen LogP contribution >= 0.6 is 24.0 Å². The number of hydrogen-bond acceptors (Lipinski definition) is 4. The molecule has 0 radical (unpaired) electrons. The fourth-order valence-corrected chi connectivity index (χ4v) is 1.30. The molecule has 0 aliphatic heterocycles. The Balaban J connectivity index is 0.00000441. The van der Waals surface area contributed by atoms with Crippen molar-refractivity contribution in [2.24, 2.45) is 10.7 Å². The standard InChI is InChI=1S/C12H14F3N3O3.HI/c1-20-10(19)6-7-17-11(16)18-8-2-4-9(5-3-8)21-12(13,14)15;/h2-5H,6-7H2,1H3,(H3,16,17,18);1H. The van der Waals surface area contributed by atoms with E-state index in [0.717, 1.165) is 12.1 Å². The number of esters is 1. The summed E-state index contributed by atoms with van der Waals surface area (Å²) in [5, 5.41) is 2.66. The second-order valence-electron chi connectivity index (χ2n) is 3.79. The van der Waals surface area contributed by atoms with Crippen LogP contribution in [0.25, 0.3) is 0 Å². The van der Waals surface area contributed by atoms with Gasteiger partial charge in [0, 0.05) is 5.69 Å². The zero-order valence-corrected chi connectivity index (χ0v) is 13.8. The fourth-order valence-electron chi connectivity index (χ4n) is 1.30. The average Bonchev–Trinajstić information content (AvgIpc) is 2.39. The van der Waals surface area contributed by atoms with Crippen LogP contribution in [0.15, 0.2) is 29.3 Å². The van der Waals surface area contributed by atoms with Gasteiger partial charge in [-0.1, -0.05) is 0 Å². The molecule has 0 aromatic heterocycles. The Bertz CT molecular complexity index is 507.